The van der Waals surface area contributed by atoms with Crippen LogP contribution >= 0.6 is 0 Å². The summed E-state index contributed by atoms with van der Waals surface area (Å²) in [6.07, 6.45) is 3.35. The van der Waals surface area contributed by atoms with E-state index in [1.807, 2.05) is 72.8 Å². The predicted octanol–water partition coefficient (Wildman–Crippen LogP) is 7.05. The van der Waals surface area contributed by atoms with Gasteiger partial charge in [-0.2, -0.15) is 10.2 Å². The van der Waals surface area contributed by atoms with Crippen molar-refractivity contribution in [1.29, 1.82) is 0 Å². The maximum absolute atomic E-state index is 12.2. The van der Waals surface area contributed by atoms with Crippen molar-refractivity contribution in [3.05, 3.63) is 96.1 Å². The van der Waals surface area contributed by atoms with Gasteiger partial charge < -0.3 is 5.32 Å². The summed E-state index contributed by atoms with van der Waals surface area (Å²) in [6.45, 7) is 6.54. The lowest BCUT2D eigenvalue weighted by Crippen LogP contribution is -2.10. The third-order valence-corrected chi connectivity index (χ3v) is 4.38. The number of carbonyl (C=O) groups is 1. The number of amides is 1. The minimum Gasteiger partial charge on any atom is -0.323 e. The molecule has 4 heteroatoms. The molecule has 0 heterocycles. The van der Waals surface area contributed by atoms with Gasteiger partial charge in [-0.25, -0.2) is 0 Å². The molecule has 3 rings (SSSR count). The van der Waals surface area contributed by atoms with Crippen LogP contribution < -0.4 is 5.32 Å². The maximum Gasteiger partial charge on any atom is 0.248 e. The van der Waals surface area contributed by atoms with Gasteiger partial charge in [0.05, 0.1) is 11.4 Å². The van der Waals surface area contributed by atoms with Gasteiger partial charge in [0.25, 0.3) is 0 Å². The molecule has 0 aromatic heterocycles. The first kappa shape index (κ1) is 20.2. The van der Waals surface area contributed by atoms with Crippen molar-refractivity contribution in [3.8, 4) is 0 Å². The number of rotatable bonds is 5. The van der Waals surface area contributed by atoms with Crippen LogP contribution in [0.1, 0.15) is 31.9 Å². The van der Waals surface area contributed by atoms with Gasteiger partial charge >= 0.3 is 0 Å². The Morgan fingerprint density at radius 3 is 1.97 bits per heavy atom. The van der Waals surface area contributed by atoms with Crippen molar-refractivity contribution in [2.24, 2.45) is 10.2 Å². The summed E-state index contributed by atoms with van der Waals surface area (Å²) >= 11 is 0. The van der Waals surface area contributed by atoms with E-state index in [-0.39, 0.29) is 11.3 Å². The lowest BCUT2D eigenvalue weighted by molar-refractivity contribution is -0.111. The van der Waals surface area contributed by atoms with Crippen LogP contribution in [0.4, 0.5) is 17.1 Å². The van der Waals surface area contributed by atoms with Crippen LogP contribution in [-0.4, -0.2) is 5.91 Å². The minimum atomic E-state index is -0.177. The minimum absolute atomic E-state index is 0.118. The van der Waals surface area contributed by atoms with Gasteiger partial charge in [-0.05, 0) is 59.0 Å². The highest BCUT2D eigenvalue weighted by atomic mass is 16.1. The number of carbonyl (C=O) groups excluding carboxylic acids is 1. The van der Waals surface area contributed by atoms with E-state index in [1.165, 1.54) is 11.6 Å². The first-order valence-electron chi connectivity index (χ1n) is 9.57. The molecule has 0 saturated carbocycles. The Morgan fingerprint density at radius 1 is 0.793 bits per heavy atom. The summed E-state index contributed by atoms with van der Waals surface area (Å²) < 4.78 is 0. The van der Waals surface area contributed by atoms with Gasteiger partial charge in [0, 0.05) is 11.8 Å². The molecule has 3 aromatic carbocycles. The van der Waals surface area contributed by atoms with Crippen molar-refractivity contribution >= 4 is 29.0 Å². The number of nitrogens with zero attached hydrogens (tertiary/aromatic N) is 2. The van der Waals surface area contributed by atoms with Gasteiger partial charge in [0.1, 0.15) is 0 Å². The molecular formula is C25H25N3O. The van der Waals surface area contributed by atoms with Crippen LogP contribution in [0.3, 0.4) is 0 Å². The fourth-order valence-electron chi connectivity index (χ4n) is 2.67. The van der Waals surface area contributed by atoms with Crippen LogP contribution in [0.2, 0.25) is 0 Å². The zero-order valence-electron chi connectivity index (χ0n) is 17.0. The fourth-order valence-corrected chi connectivity index (χ4v) is 2.67. The highest BCUT2D eigenvalue weighted by Crippen LogP contribution is 2.23. The number of hydrogen-bond donors (Lipinski definition) is 1. The second kappa shape index (κ2) is 9.11. The van der Waals surface area contributed by atoms with Gasteiger partial charge in [0.2, 0.25) is 5.91 Å². The number of benzene rings is 3. The van der Waals surface area contributed by atoms with E-state index in [9.17, 15) is 4.79 Å². The number of hydrogen-bond acceptors (Lipinski definition) is 3. The predicted molar refractivity (Wildman–Crippen MR) is 120 cm³/mol. The standard InChI is InChI=1S/C25H25N3O/c1-25(2,3)20-12-9-19(10-13-20)11-18-24(29)26-21-14-16-23(17-15-21)28-27-22-7-5-4-6-8-22/h4-18H,1-3H3,(H,26,29). The summed E-state index contributed by atoms with van der Waals surface area (Å²) in [7, 11) is 0. The fraction of sp³-hybridized carbons (Fsp3) is 0.160. The highest BCUT2D eigenvalue weighted by Gasteiger charge is 2.12. The Kier molecular flexibility index (Phi) is 6.35. The Bertz CT molecular complexity index is 997. The van der Waals surface area contributed by atoms with E-state index in [1.54, 1.807) is 0 Å². The van der Waals surface area contributed by atoms with E-state index in [0.717, 1.165) is 16.9 Å². The maximum atomic E-state index is 12.2. The molecule has 0 unspecified atom stereocenters. The highest BCUT2D eigenvalue weighted by molar-refractivity contribution is 6.01. The normalized spacial score (nSPS) is 11.8. The van der Waals surface area contributed by atoms with E-state index in [2.05, 4.69) is 48.4 Å². The van der Waals surface area contributed by atoms with Crippen LogP contribution in [-0.2, 0) is 10.2 Å². The Labute approximate surface area is 172 Å². The SMILES string of the molecule is CC(C)(C)c1ccc(C=CC(=O)Nc2ccc(N=Nc3ccccc3)cc2)cc1. The molecule has 0 radical (unpaired) electrons. The zero-order valence-corrected chi connectivity index (χ0v) is 17.0. The van der Waals surface area contributed by atoms with Crippen molar-refractivity contribution < 1.29 is 4.79 Å². The molecule has 0 spiro atoms. The molecule has 146 valence electrons. The van der Waals surface area contributed by atoms with Crippen molar-refractivity contribution in [2.75, 3.05) is 5.32 Å². The molecule has 1 N–H and O–H groups in total. The second-order valence-corrected chi connectivity index (χ2v) is 7.78. The third kappa shape index (κ3) is 6.25. The molecule has 0 aliphatic carbocycles. The van der Waals surface area contributed by atoms with Gasteiger partial charge in [-0.15, -0.1) is 0 Å². The van der Waals surface area contributed by atoms with Crippen LogP contribution in [0.15, 0.2) is 95.2 Å². The smallest absolute Gasteiger partial charge is 0.248 e. The molecular weight excluding hydrogens is 358 g/mol. The zero-order chi connectivity index (χ0) is 20.7. The molecule has 4 nitrogen and oxygen atoms in total. The number of azo groups is 1. The summed E-state index contributed by atoms with van der Waals surface area (Å²) in [5.74, 6) is -0.177. The van der Waals surface area contributed by atoms with Crippen LogP contribution in [0.5, 0.6) is 0 Å². The molecule has 0 fully saturated rings. The van der Waals surface area contributed by atoms with E-state index in [0.29, 0.717) is 5.69 Å². The van der Waals surface area contributed by atoms with E-state index in [4.69, 9.17) is 0 Å². The molecule has 1 amide bonds. The van der Waals surface area contributed by atoms with Crippen LogP contribution in [0.25, 0.3) is 6.08 Å². The van der Waals surface area contributed by atoms with Gasteiger partial charge in [-0.1, -0.05) is 63.2 Å². The monoisotopic (exact) mass is 383 g/mol. The lowest BCUT2D eigenvalue weighted by Gasteiger charge is -2.18. The first-order valence-corrected chi connectivity index (χ1v) is 9.57. The van der Waals surface area contributed by atoms with Crippen molar-refractivity contribution in [2.45, 2.75) is 26.2 Å². The number of anilines is 1. The molecule has 0 bridgehead atoms. The summed E-state index contributed by atoms with van der Waals surface area (Å²) in [5, 5.41) is 11.2. The largest absolute Gasteiger partial charge is 0.323 e. The summed E-state index contributed by atoms with van der Waals surface area (Å²) in [4.78, 5) is 12.2. The average molecular weight is 383 g/mol. The molecule has 0 aliphatic rings. The topological polar surface area (TPSA) is 53.8 Å². The molecule has 0 aliphatic heterocycles. The second-order valence-electron chi connectivity index (χ2n) is 7.78. The van der Waals surface area contributed by atoms with Crippen LogP contribution in [0, 0.1) is 0 Å². The quantitative estimate of drug-likeness (QED) is 0.372. The molecule has 0 saturated heterocycles. The van der Waals surface area contributed by atoms with Crippen molar-refractivity contribution in [1.82, 2.24) is 0 Å². The Hall–Kier alpha value is -3.53. The molecule has 3 aromatic rings. The lowest BCUT2D eigenvalue weighted by atomic mass is 9.87. The molecule has 29 heavy (non-hydrogen) atoms. The Balaban J connectivity index is 1.56. The van der Waals surface area contributed by atoms with Crippen molar-refractivity contribution in [3.63, 3.8) is 0 Å². The average Bonchev–Trinajstić information content (AvgIpc) is 2.72. The van der Waals surface area contributed by atoms with Gasteiger partial charge in [-0.3, -0.25) is 4.79 Å². The molecule has 0 atom stereocenters. The summed E-state index contributed by atoms with van der Waals surface area (Å²) in [6, 6.07) is 25.0. The van der Waals surface area contributed by atoms with E-state index < -0.39 is 0 Å². The number of nitrogens with one attached hydrogen (secondary N) is 1. The Morgan fingerprint density at radius 2 is 1.38 bits per heavy atom. The third-order valence-electron chi connectivity index (χ3n) is 4.38. The summed E-state index contributed by atoms with van der Waals surface area (Å²) in [5.41, 5.74) is 4.61. The van der Waals surface area contributed by atoms with Gasteiger partial charge in [0.15, 0.2) is 0 Å². The van der Waals surface area contributed by atoms with E-state index >= 15 is 0 Å². The first-order chi connectivity index (χ1) is 13.9.